The quantitative estimate of drug-likeness (QED) is 0.831. The summed E-state index contributed by atoms with van der Waals surface area (Å²) in [7, 11) is 1.83. The molecule has 0 spiro atoms. The zero-order valence-corrected chi connectivity index (χ0v) is 12.7. The molecule has 0 bridgehead atoms. The van der Waals surface area contributed by atoms with Crippen molar-refractivity contribution < 1.29 is 9.53 Å². The van der Waals surface area contributed by atoms with E-state index in [9.17, 15) is 4.79 Å². The van der Waals surface area contributed by atoms with Gasteiger partial charge in [0.1, 0.15) is 5.56 Å². The second-order valence-corrected chi connectivity index (χ2v) is 5.29. The Kier molecular flexibility index (Phi) is 4.92. The lowest BCUT2D eigenvalue weighted by atomic mass is 10.1. The monoisotopic (exact) mass is 293 g/mol. The van der Waals surface area contributed by atoms with Gasteiger partial charge < -0.3 is 10.1 Å². The number of nitrogens with zero attached hydrogens (tertiary/aromatic N) is 2. The molecule has 20 heavy (non-hydrogen) atoms. The summed E-state index contributed by atoms with van der Waals surface area (Å²) < 4.78 is 6.75. The minimum atomic E-state index is -0.319. The summed E-state index contributed by atoms with van der Waals surface area (Å²) >= 11 is 1.68. The molecule has 0 amide bonds. The highest BCUT2D eigenvalue weighted by molar-refractivity contribution is 7.07. The molecule has 5 nitrogen and oxygen atoms in total. The van der Waals surface area contributed by atoms with E-state index in [0.29, 0.717) is 18.7 Å². The molecule has 1 unspecified atom stereocenters. The van der Waals surface area contributed by atoms with Gasteiger partial charge >= 0.3 is 5.97 Å². The van der Waals surface area contributed by atoms with Gasteiger partial charge in [0.25, 0.3) is 0 Å². The molecule has 0 saturated heterocycles. The molecule has 2 heterocycles. The van der Waals surface area contributed by atoms with Crippen LogP contribution in [0.4, 0.5) is 0 Å². The fourth-order valence-electron chi connectivity index (χ4n) is 1.94. The Morgan fingerprint density at radius 1 is 1.60 bits per heavy atom. The van der Waals surface area contributed by atoms with Crippen LogP contribution in [0.15, 0.2) is 23.0 Å². The van der Waals surface area contributed by atoms with Crippen LogP contribution >= 0.6 is 11.3 Å². The van der Waals surface area contributed by atoms with E-state index < -0.39 is 0 Å². The molecular weight excluding hydrogens is 274 g/mol. The van der Waals surface area contributed by atoms with Gasteiger partial charge in [-0.3, -0.25) is 4.68 Å². The highest BCUT2D eigenvalue weighted by atomic mass is 32.1. The Labute approximate surface area is 122 Å². The third kappa shape index (κ3) is 3.26. The molecular formula is C14H19N3O2S. The predicted molar refractivity (Wildman–Crippen MR) is 78.7 cm³/mol. The zero-order valence-electron chi connectivity index (χ0n) is 11.9. The molecule has 1 atom stereocenters. The first-order valence-corrected chi connectivity index (χ1v) is 7.51. The van der Waals surface area contributed by atoms with Crippen molar-refractivity contribution in [3.05, 3.63) is 39.8 Å². The molecule has 0 aliphatic rings. The van der Waals surface area contributed by atoms with Crippen molar-refractivity contribution in [1.82, 2.24) is 15.1 Å². The van der Waals surface area contributed by atoms with Gasteiger partial charge in [-0.05, 0) is 36.2 Å². The van der Waals surface area contributed by atoms with Crippen molar-refractivity contribution in [2.24, 2.45) is 7.05 Å². The van der Waals surface area contributed by atoms with Gasteiger partial charge in [0, 0.05) is 19.6 Å². The summed E-state index contributed by atoms with van der Waals surface area (Å²) in [5, 5.41) is 11.7. The number of nitrogens with one attached hydrogen (secondary N) is 1. The zero-order chi connectivity index (χ0) is 14.5. The first kappa shape index (κ1) is 14.7. The van der Waals surface area contributed by atoms with Gasteiger partial charge in [-0.2, -0.15) is 16.4 Å². The van der Waals surface area contributed by atoms with Crippen LogP contribution < -0.4 is 5.32 Å². The number of hydrogen-bond donors (Lipinski definition) is 1. The number of aryl methyl sites for hydroxylation is 1. The van der Waals surface area contributed by atoms with Crippen LogP contribution in [0.1, 0.15) is 41.5 Å². The van der Waals surface area contributed by atoms with Crippen LogP contribution in [-0.4, -0.2) is 22.4 Å². The SMILES string of the molecule is CCOC(=O)c1cnn(C)c1CNC(C)c1ccsc1. The van der Waals surface area contributed by atoms with Crippen LogP contribution in [0.25, 0.3) is 0 Å². The molecule has 0 aliphatic heterocycles. The Bertz CT molecular complexity index is 563. The normalized spacial score (nSPS) is 12.3. The first-order valence-electron chi connectivity index (χ1n) is 6.57. The number of ether oxygens (including phenoxy) is 1. The van der Waals surface area contributed by atoms with Crippen LogP contribution in [-0.2, 0) is 18.3 Å². The summed E-state index contributed by atoms with van der Waals surface area (Å²) in [5.41, 5.74) is 2.61. The Hall–Kier alpha value is -1.66. The van der Waals surface area contributed by atoms with E-state index in [1.165, 1.54) is 5.56 Å². The lowest BCUT2D eigenvalue weighted by molar-refractivity contribution is 0.0524. The highest BCUT2D eigenvalue weighted by Gasteiger charge is 2.17. The minimum absolute atomic E-state index is 0.228. The number of aromatic nitrogens is 2. The van der Waals surface area contributed by atoms with Crippen LogP contribution in [0.2, 0.25) is 0 Å². The lowest BCUT2D eigenvalue weighted by Gasteiger charge is -2.13. The molecule has 0 aromatic carbocycles. The average Bonchev–Trinajstić information content (AvgIpc) is 3.06. The van der Waals surface area contributed by atoms with Gasteiger partial charge in [0.2, 0.25) is 0 Å². The summed E-state index contributed by atoms with van der Waals surface area (Å²) in [6, 6.07) is 2.32. The van der Waals surface area contributed by atoms with Crippen molar-refractivity contribution in [1.29, 1.82) is 0 Å². The number of hydrogen-bond acceptors (Lipinski definition) is 5. The maximum absolute atomic E-state index is 11.9. The second-order valence-electron chi connectivity index (χ2n) is 4.51. The minimum Gasteiger partial charge on any atom is -0.462 e. The van der Waals surface area contributed by atoms with Crippen LogP contribution in [0.5, 0.6) is 0 Å². The number of carbonyl (C=O) groups is 1. The molecule has 2 aromatic heterocycles. The summed E-state index contributed by atoms with van der Waals surface area (Å²) in [6.45, 7) is 4.83. The van der Waals surface area contributed by atoms with Crippen molar-refractivity contribution in [3.63, 3.8) is 0 Å². The van der Waals surface area contributed by atoms with Gasteiger partial charge in [0.15, 0.2) is 0 Å². The summed E-state index contributed by atoms with van der Waals surface area (Å²) in [5.74, 6) is -0.319. The first-order chi connectivity index (χ1) is 9.63. The number of carbonyl (C=O) groups excluding carboxylic acids is 1. The largest absolute Gasteiger partial charge is 0.462 e. The fourth-order valence-corrected chi connectivity index (χ4v) is 2.69. The average molecular weight is 293 g/mol. The maximum atomic E-state index is 11.9. The van der Waals surface area contributed by atoms with Crippen LogP contribution in [0.3, 0.4) is 0 Å². The van der Waals surface area contributed by atoms with E-state index in [1.54, 1.807) is 29.1 Å². The third-order valence-corrected chi connectivity index (χ3v) is 3.88. The molecule has 0 radical (unpaired) electrons. The summed E-state index contributed by atoms with van der Waals surface area (Å²) in [6.07, 6.45) is 1.56. The molecule has 108 valence electrons. The van der Waals surface area contributed by atoms with E-state index in [2.05, 4.69) is 34.2 Å². The van der Waals surface area contributed by atoms with Gasteiger partial charge in [-0.25, -0.2) is 4.79 Å². The maximum Gasteiger partial charge on any atom is 0.341 e. The van der Waals surface area contributed by atoms with E-state index in [0.717, 1.165) is 5.69 Å². The predicted octanol–water partition coefficient (Wildman–Crippen LogP) is 2.51. The molecule has 6 heteroatoms. The van der Waals surface area contributed by atoms with Crippen molar-refractivity contribution in [2.75, 3.05) is 6.61 Å². The molecule has 2 rings (SSSR count). The van der Waals surface area contributed by atoms with E-state index in [-0.39, 0.29) is 12.0 Å². The Morgan fingerprint density at radius 3 is 3.05 bits per heavy atom. The van der Waals surface area contributed by atoms with Gasteiger partial charge in [0.05, 0.1) is 18.5 Å². The van der Waals surface area contributed by atoms with E-state index >= 15 is 0 Å². The highest BCUT2D eigenvalue weighted by Crippen LogP contribution is 2.17. The number of esters is 1. The summed E-state index contributed by atoms with van der Waals surface area (Å²) in [4.78, 5) is 11.9. The van der Waals surface area contributed by atoms with Crippen molar-refractivity contribution in [3.8, 4) is 0 Å². The molecule has 0 saturated carbocycles. The third-order valence-electron chi connectivity index (χ3n) is 3.18. The molecule has 0 fully saturated rings. The smallest absolute Gasteiger partial charge is 0.341 e. The Morgan fingerprint density at radius 2 is 2.40 bits per heavy atom. The van der Waals surface area contributed by atoms with Crippen LogP contribution in [0, 0.1) is 0 Å². The van der Waals surface area contributed by atoms with Crippen molar-refractivity contribution in [2.45, 2.75) is 26.4 Å². The fraction of sp³-hybridized carbons (Fsp3) is 0.429. The van der Waals surface area contributed by atoms with Crippen molar-refractivity contribution >= 4 is 17.3 Å². The second kappa shape index (κ2) is 6.67. The molecule has 0 aliphatic carbocycles. The topological polar surface area (TPSA) is 56.1 Å². The van der Waals surface area contributed by atoms with E-state index in [1.807, 2.05) is 7.05 Å². The van der Waals surface area contributed by atoms with Gasteiger partial charge in [-0.15, -0.1) is 0 Å². The molecule has 1 N–H and O–H groups in total. The number of rotatable bonds is 6. The lowest BCUT2D eigenvalue weighted by Crippen LogP contribution is -2.21. The number of thiophene rings is 1. The molecule has 2 aromatic rings. The standard InChI is InChI=1S/C14H19N3O2S/c1-4-19-14(18)12-7-16-17(3)13(12)8-15-10(2)11-5-6-20-9-11/h5-7,9-10,15H,4,8H2,1-3H3. The Balaban J connectivity index is 2.05. The van der Waals surface area contributed by atoms with E-state index in [4.69, 9.17) is 4.74 Å². The van der Waals surface area contributed by atoms with Gasteiger partial charge in [-0.1, -0.05) is 0 Å².